The average molecular weight is 284 g/mol. The van der Waals surface area contributed by atoms with Gasteiger partial charge in [-0.25, -0.2) is 4.98 Å². The molecule has 0 aromatic carbocycles. The Morgan fingerprint density at radius 1 is 1.50 bits per heavy atom. The van der Waals surface area contributed by atoms with Crippen LogP contribution in [0.15, 0.2) is 28.5 Å². The molecule has 0 atom stereocenters. The van der Waals surface area contributed by atoms with Crippen LogP contribution in [-0.4, -0.2) is 16.1 Å². The zero-order valence-electron chi connectivity index (χ0n) is 10.0. The van der Waals surface area contributed by atoms with E-state index >= 15 is 0 Å². The van der Waals surface area contributed by atoms with Crippen LogP contribution in [0.2, 0.25) is 5.02 Å². The van der Waals surface area contributed by atoms with Crippen molar-refractivity contribution >= 4 is 28.8 Å². The Kier molecular flexibility index (Phi) is 4.38. The molecule has 96 valence electrons. The van der Waals surface area contributed by atoms with E-state index in [0.717, 1.165) is 18.8 Å². The summed E-state index contributed by atoms with van der Waals surface area (Å²) in [5, 5.41) is 5.54. The summed E-state index contributed by atoms with van der Waals surface area (Å²) in [6, 6.07) is 3.65. The van der Waals surface area contributed by atoms with Crippen molar-refractivity contribution in [3.8, 4) is 0 Å². The first-order chi connectivity index (χ1) is 8.70. The second-order valence-electron chi connectivity index (χ2n) is 3.85. The molecular formula is C12H14ClN3OS. The van der Waals surface area contributed by atoms with E-state index in [1.165, 1.54) is 11.3 Å². The van der Waals surface area contributed by atoms with Gasteiger partial charge in [-0.05, 0) is 18.6 Å². The minimum absolute atomic E-state index is 0.000197. The van der Waals surface area contributed by atoms with E-state index in [-0.39, 0.29) is 4.87 Å². The fraction of sp³-hybridized carbons (Fsp3) is 0.333. The Labute approximate surface area is 114 Å². The van der Waals surface area contributed by atoms with Gasteiger partial charge in [0.25, 0.3) is 0 Å². The third-order valence-electron chi connectivity index (χ3n) is 2.44. The van der Waals surface area contributed by atoms with E-state index in [2.05, 4.69) is 17.2 Å². The Hall–Kier alpha value is -1.33. The zero-order valence-corrected chi connectivity index (χ0v) is 11.6. The van der Waals surface area contributed by atoms with E-state index < -0.39 is 0 Å². The fourth-order valence-corrected chi connectivity index (χ4v) is 2.27. The van der Waals surface area contributed by atoms with Crippen molar-refractivity contribution < 1.29 is 0 Å². The van der Waals surface area contributed by atoms with Gasteiger partial charge < -0.3 is 5.32 Å². The maximum Gasteiger partial charge on any atom is 0.307 e. The molecule has 2 rings (SSSR count). The first-order valence-corrected chi connectivity index (χ1v) is 6.99. The first kappa shape index (κ1) is 13.1. The molecular weight excluding hydrogens is 270 g/mol. The van der Waals surface area contributed by atoms with Gasteiger partial charge in [-0.2, -0.15) is 0 Å². The van der Waals surface area contributed by atoms with Gasteiger partial charge in [-0.1, -0.05) is 29.9 Å². The SMILES string of the molecule is CCCNc1ccc(Cl)c(Cn2ccsc2=O)n1. The second-order valence-corrected chi connectivity index (χ2v) is 5.11. The Balaban J connectivity index is 2.21. The summed E-state index contributed by atoms with van der Waals surface area (Å²) >= 11 is 7.27. The Morgan fingerprint density at radius 2 is 2.33 bits per heavy atom. The maximum absolute atomic E-state index is 11.5. The number of rotatable bonds is 5. The number of pyridine rings is 1. The van der Waals surface area contributed by atoms with Crippen molar-refractivity contribution in [1.82, 2.24) is 9.55 Å². The van der Waals surface area contributed by atoms with Crippen LogP contribution >= 0.6 is 22.9 Å². The standard InChI is InChI=1S/C12H14ClN3OS/c1-2-5-14-11-4-3-9(13)10(15-11)8-16-6-7-18-12(16)17/h3-4,6-7H,2,5,8H2,1H3,(H,14,15). The molecule has 0 fully saturated rings. The minimum atomic E-state index is -0.000197. The van der Waals surface area contributed by atoms with E-state index in [9.17, 15) is 4.79 Å². The molecule has 0 aliphatic rings. The summed E-state index contributed by atoms with van der Waals surface area (Å²) < 4.78 is 1.60. The Morgan fingerprint density at radius 3 is 3.00 bits per heavy atom. The van der Waals surface area contributed by atoms with Crippen LogP contribution in [0.5, 0.6) is 0 Å². The molecule has 0 aliphatic heterocycles. The number of halogens is 1. The molecule has 18 heavy (non-hydrogen) atoms. The topological polar surface area (TPSA) is 46.9 Å². The number of nitrogens with one attached hydrogen (secondary N) is 1. The van der Waals surface area contributed by atoms with E-state index in [0.29, 0.717) is 17.3 Å². The van der Waals surface area contributed by atoms with Gasteiger partial charge in [-0.15, -0.1) is 0 Å². The van der Waals surface area contributed by atoms with Crippen LogP contribution in [0.1, 0.15) is 19.0 Å². The summed E-state index contributed by atoms with van der Waals surface area (Å²) in [6.45, 7) is 3.37. The van der Waals surface area contributed by atoms with Gasteiger partial charge >= 0.3 is 4.87 Å². The average Bonchev–Trinajstić information content (AvgIpc) is 2.76. The summed E-state index contributed by atoms with van der Waals surface area (Å²) in [4.78, 5) is 15.9. The molecule has 0 saturated carbocycles. The lowest BCUT2D eigenvalue weighted by molar-refractivity contribution is 0.761. The van der Waals surface area contributed by atoms with Gasteiger partial charge in [0, 0.05) is 18.1 Å². The van der Waals surface area contributed by atoms with Gasteiger partial charge in [0.15, 0.2) is 0 Å². The molecule has 1 N–H and O–H groups in total. The highest BCUT2D eigenvalue weighted by molar-refractivity contribution is 7.07. The highest BCUT2D eigenvalue weighted by Crippen LogP contribution is 2.17. The molecule has 0 radical (unpaired) electrons. The molecule has 0 spiro atoms. The van der Waals surface area contributed by atoms with Crippen molar-refractivity contribution in [1.29, 1.82) is 0 Å². The van der Waals surface area contributed by atoms with Crippen LogP contribution in [-0.2, 0) is 6.54 Å². The maximum atomic E-state index is 11.5. The van der Waals surface area contributed by atoms with Crippen molar-refractivity contribution in [2.75, 3.05) is 11.9 Å². The minimum Gasteiger partial charge on any atom is -0.370 e. The monoisotopic (exact) mass is 283 g/mol. The summed E-state index contributed by atoms with van der Waals surface area (Å²) in [5.74, 6) is 0.791. The number of anilines is 1. The largest absolute Gasteiger partial charge is 0.370 e. The fourth-order valence-electron chi connectivity index (χ4n) is 1.52. The first-order valence-electron chi connectivity index (χ1n) is 5.74. The highest BCUT2D eigenvalue weighted by atomic mass is 35.5. The smallest absolute Gasteiger partial charge is 0.307 e. The van der Waals surface area contributed by atoms with E-state index in [1.54, 1.807) is 22.2 Å². The molecule has 2 heterocycles. The number of hydrogen-bond acceptors (Lipinski definition) is 4. The van der Waals surface area contributed by atoms with Crippen molar-refractivity contribution in [2.24, 2.45) is 0 Å². The number of hydrogen-bond donors (Lipinski definition) is 1. The molecule has 0 aliphatic carbocycles. The predicted octanol–water partition coefficient (Wildman–Crippen LogP) is 2.83. The molecule has 0 bridgehead atoms. The third-order valence-corrected chi connectivity index (χ3v) is 3.48. The molecule has 4 nitrogen and oxygen atoms in total. The molecule has 2 aromatic heterocycles. The van der Waals surface area contributed by atoms with E-state index in [4.69, 9.17) is 11.6 Å². The van der Waals surface area contributed by atoms with Gasteiger partial charge in [-0.3, -0.25) is 9.36 Å². The summed E-state index contributed by atoms with van der Waals surface area (Å²) in [5.41, 5.74) is 0.707. The molecule has 2 aromatic rings. The highest BCUT2D eigenvalue weighted by Gasteiger charge is 2.06. The Bertz CT molecular complexity index is 579. The van der Waals surface area contributed by atoms with E-state index in [1.807, 2.05) is 6.07 Å². The van der Waals surface area contributed by atoms with Gasteiger partial charge in [0.1, 0.15) is 5.82 Å². The van der Waals surface area contributed by atoms with Crippen LogP contribution in [0.25, 0.3) is 0 Å². The normalized spacial score (nSPS) is 10.6. The number of aromatic nitrogens is 2. The zero-order chi connectivity index (χ0) is 13.0. The number of nitrogens with zero attached hydrogens (tertiary/aromatic N) is 2. The lowest BCUT2D eigenvalue weighted by Gasteiger charge is -2.08. The van der Waals surface area contributed by atoms with Crippen molar-refractivity contribution in [3.63, 3.8) is 0 Å². The van der Waals surface area contributed by atoms with Gasteiger partial charge in [0.05, 0.1) is 17.3 Å². The molecule has 0 saturated heterocycles. The van der Waals surface area contributed by atoms with Crippen LogP contribution in [0, 0.1) is 0 Å². The van der Waals surface area contributed by atoms with Crippen molar-refractivity contribution in [2.45, 2.75) is 19.9 Å². The quantitative estimate of drug-likeness (QED) is 0.918. The molecule has 0 amide bonds. The van der Waals surface area contributed by atoms with Crippen molar-refractivity contribution in [3.05, 3.63) is 44.1 Å². The van der Waals surface area contributed by atoms with Crippen LogP contribution < -0.4 is 10.2 Å². The van der Waals surface area contributed by atoms with Gasteiger partial charge in [0.2, 0.25) is 0 Å². The second kappa shape index (κ2) is 6.02. The summed E-state index contributed by atoms with van der Waals surface area (Å²) in [7, 11) is 0. The number of thiazole rings is 1. The van der Waals surface area contributed by atoms with Crippen LogP contribution in [0.3, 0.4) is 0 Å². The molecule has 6 heteroatoms. The third kappa shape index (κ3) is 3.11. The lowest BCUT2D eigenvalue weighted by Crippen LogP contribution is -2.14. The lowest BCUT2D eigenvalue weighted by atomic mass is 10.3. The summed E-state index contributed by atoms with van der Waals surface area (Å²) in [6.07, 6.45) is 2.78. The van der Waals surface area contributed by atoms with Crippen LogP contribution in [0.4, 0.5) is 5.82 Å². The predicted molar refractivity (Wildman–Crippen MR) is 75.7 cm³/mol. The molecule has 0 unspecified atom stereocenters.